The van der Waals surface area contributed by atoms with Crippen molar-refractivity contribution in [3.8, 4) is 0 Å². The van der Waals surface area contributed by atoms with Gasteiger partial charge in [-0.05, 0) is 26.3 Å². The van der Waals surface area contributed by atoms with Crippen molar-refractivity contribution in [2.24, 2.45) is 0 Å². The van der Waals surface area contributed by atoms with Crippen molar-refractivity contribution >= 4 is 5.91 Å². The molecule has 4 heteroatoms. The van der Waals surface area contributed by atoms with Crippen molar-refractivity contribution in [3.05, 3.63) is 0 Å². The first-order chi connectivity index (χ1) is 7.72. The standard InChI is InChI=1S/C12H22N2O2/c1-3-14-8-6-12(14)5-7-13(10-12)11(15)9-16-4-2/h3-10H2,1-2H3/t12-/m1/s1. The summed E-state index contributed by atoms with van der Waals surface area (Å²) in [6.45, 7) is 9.10. The van der Waals surface area contributed by atoms with Crippen LogP contribution < -0.4 is 0 Å². The van der Waals surface area contributed by atoms with Crippen LogP contribution in [0.5, 0.6) is 0 Å². The molecule has 1 atom stereocenters. The third-order valence-corrected chi connectivity index (χ3v) is 4.01. The number of nitrogens with zero attached hydrogens (tertiary/aromatic N) is 2. The predicted octanol–water partition coefficient (Wildman–Crippen LogP) is 0.720. The van der Waals surface area contributed by atoms with Crippen LogP contribution >= 0.6 is 0 Å². The summed E-state index contributed by atoms with van der Waals surface area (Å²) in [4.78, 5) is 16.3. The van der Waals surface area contributed by atoms with Crippen molar-refractivity contribution in [2.45, 2.75) is 32.2 Å². The van der Waals surface area contributed by atoms with Gasteiger partial charge in [0.15, 0.2) is 0 Å². The Morgan fingerprint density at radius 2 is 2.06 bits per heavy atom. The van der Waals surface area contributed by atoms with Gasteiger partial charge in [0.2, 0.25) is 5.91 Å². The molecule has 2 heterocycles. The second-order valence-electron chi connectivity index (χ2n) is 4.76. The SMILES string of the molecule is CCOCC(=O)N1CC[C@@]2(CCN2CC)C1. The lowest BCUT2D eigenvalue weighted by Crippen LogP contribution is -2.61. The third kappa shape index (κ3) is 1.96. The molecule has 0 aliphatic carbocycles. The molecule has 16 heavy (non-hydrogen) atoms. The van der Waals surface area contributed by atoms with E-state index in [9.17, 15) is 4.79 Å². The molecule has 0 aromatic carbocycles. The van der Waals surface area contributed by atoms with Crippen molar-refractivity contribution in [1.82, 2.24) is 9.80 Å². The van der Waals surface area contributed by atoms with Gasteiger partial charge in [-0.1, -0.05) is 6.92 Å². The van der Waals surface area contributed by atoms with Crippen LogP contribution in [0.4, 0.5) is 0 Å². The molecule has 0 radical (unpaired) electrons. The van der Waals surface area contributed by atoms with Gasteiger partial charge >= 0.3 is 0 Å². The van der Waals surface area contributed by atoms with E-state index >= 15 is 0 Å². The number of amides is 1. The quantitative estimate of drug-likeness (QED) is 0.708. The van der Waals surface area contributed by atoms with E-state index in [4.69, 9.17) is 4.74 Å². The molecule has 2 aliphatic rings. The Morgan fingerprint density at radius 3 is 2.62 bits per heavy atom. The van der Waals surface area contributed by atoms with Gasteiger partial charge in [0.1, 0.15) is 6.61 Å². The van der Waals surface area contributed by atoms with E-state index in [1.54, 1.807) is 0 Å². The molecule has 92 valence electrons. The van der Waals surface area contributed by atoms with Crippen LogP contribution in [0, 0.1) is 0 Å². The first-order valence-corrected chi connectivity index (χ1v) is 6.32. The normalized spacial score (nSPS) is 29.8. The lowest BCUT2D eigenvalue weighted by Gasteiger charge is -2.50. The Labute approximate surface area is 97.5 Å². The minimum absolute atomic E-state index is 0.154. The summed E-state index contributed by atoms with van der Waals surface area (Å²) in [6.07, 6.45) is 2.39. The van der Waals surface area contributed by atoms with Gasteiger partial charge in [0, 0.05) is 31.8 Å². The van der Waals surface area contributed by atoms with E-state index in [0.717, 1.165) is 26.1 Å². The van der Waals surface area contributed by atoms with Crippen molar-refractivity contribution in [1.29, 1.82) is 0 Å². The van der Waals surface area contributed by atoms with E-state index < -0.39 is 0 Å². The first-order valence-electron chi connectivity index (χ1n) is 6.32. The van der Waals surface area contributed by atoms with Gasteiger partial charge in [-0.25, -0.2) is 0 Å². The molecule has 2 saturated heterocycles. The average Bonchev–Trinajstić information content (AvgIpc) is 2.72. The molecule has 0 N–H and O–H groups in total. The minimum atomic E-state index is 0.154. The highest BCUT2D eigenvalue weighted by molar-refractivity contribution is 5.78. The second-order valence-corrected chi connectivity index (χ2v) is 4.76. The van der Waals surface area contributed by atoms with Gasteiger partial charge in [-0.3, -0.25) is 9.69 Å². The maximum absolute atomic E-state index is 11.8. The number of carbonyl (C=O) groups is 1. The second kappa shape index (κ2) is 4.72. The minimum Gasteiger partial charge on any atom is -0.372 e. The predicted molar refractivity (Wildman–Crippen MR) is 62.3 cm³/mol. The van der Waals surface area contributed by atoms with E-state index in [0.29, 0.717) is 12.1 Å². The van der Waals surface area contributed by atoms with Gasteiger partial charge in [-0.2, -0.15) is 0 Å². The molecule has 0 aromatic heterocycles. The Hall–Kier alpha value is -0.610. The zero-order valence-corrected chi connectivity index (χ0v) is 10.4. The maximum atomic E-state index is 11.8. The zero-order chi connectivity index (χ0) is 11.6. The molecule has 2 aliphatic heterocycles. The summed E-state index contributed by atoms with van der Waals surface area (Å²) in [6, 6.07) is 0. The van der Waals surface area contributed by atoms with E-state index in [-0.39, 0.29) is 12.5 Å². The summed E-state index contributed by atoms with van der Waals surface area (Å²) in [5, 5.41) is 0. The fourth-order valence-corrected chi connectivity index (χ4v) is 2.89. The lowest BCUT2D eigenvalue weighted by molar-refractivity contribution is -0.136. The Morgan fingerprint density at radius 1 is 1.31 bits per heavy atom. The molecule has 0 saturated carbocycles. The van der Waals surface area contributed by atoms with E-state index in [2.05, 4.69) is 11.8 Å². The molecule has 0 aromatic rings. The summed E-state index contributed by atoms with van der Waals surface area (Å²) in [7, 11) is 0. The van der Waals surface area contributed by atoms with E-state index in [1.807, 2.05) is 11.8 Å². The van der Waals surface area contributed by atoms with Crippen LogP contribution in [-0.4, -0.2) is 60.6 Å². The molecule has 1 amide bonds. The summed E-state index contributed by atoms with van der Waals surface area (Å²) < 4.78 is 5.18. The van der Waals surface area contributed by atoms with Gasteiger partial charge in [0.25, 0.3) is 0 Å². The summed E-state index contributed by atoms with van der Waals surface area (Å²) in [5.74, 6) is 0.154. The molecule has 0 unspecified atom stereocenters. The smallest absolute Gasteiger partial charge is 0.248 e. The number of hydrogen-bond acceptors (Lipinski definition) is 3. The Kier molecular flexibility index (Phi) is 3.50. The van der Waals surface area contributed by atoms with Crippen LogP contribution in [0.15, 0.2) is 0 Å². The van der Waals surface area contributed by atoms with Gasteiger partial charge in [0.05, 0.1) is 0 Å². The Bertz CT molecular complexity index is 268. The van der Waals surface area contributed by atoms with Crippen LogP contribution in [0.25, 0.3) is 0 Å². The highest BCUT2D eigenvalue weighted by atomic mass is 16.5. The largest absolute Gasteiger partial charge is 0.372 e. The Balaban J connectivity index is 1.85. The fourth-order valence-electron chi connectivity index (χ4n) is 2.89. The zero-order valence-electron chi connectivity index (χ0n) is 10.4. The lowest BCUT2D eigenvalue weighted by atomic mass is 9.84. The first kappa shape index (κ1) is 11.9. The maximum Gasteiger partial charge on any atom is 0.248 e. The number of ether oxygens (including phenoxy) is 1. The van der Waals surface area contributed by atoms with Crippen LogP contribution in [0.1, 0.15) is 26.7 Å². The summed E-state index contributed by atoms with van der Waals surface area (Å²) in [5.41, 5.74) is 0.316. The number of carbonyl (C=O) groups excluding carboxylic acids is 1. The number of likely N-dealkylation sites (tertiary alicyclic amines) is 2. The molecule has 2 rings (SSSR count). The van der Waals surface area contributed by atoms with E-state index in [1.165, 1.54) is 13.0 Å². The molecular weight excluding hydrogens is 204 g/mol. The number of rotatable bonds is 4. The molecule has 0 bridgehead atoms. The number of likely N-dealkylation sites (N-methyl/N-ethyl adjacent to an activating group) is 1. The van der Waals surface area contributed by atoms with Crippen LogP contribution in [0.3, 0.4) is 0 Å². The third-order valence-electron chi connectivity index (χ3n) is 4.01. The topological polar surface area (TPSA) is 32.8 Å². The highest BCUT2D eigenvalue weighted by Gasteiger charge is 2.49. The fraction of sp³-hybridized carbons (Fsp3) is 0.917. The van der Waals surface area contributed by atoms with Gasteiger partial charge in [-0.15, -0.1) is 0 Å². The monoisotopic (exact) mass is 226 g/mol. The average molecular weight is 226 g/mol. The van der Waals surface area contributed by atoms with Crippen LogP contribution in [-0.2, 0) is 9.53 Å². The van der Waals surface area contributed by atoms with Crippen molar-refractivity contribution < 1.29 is 9.53 Å². The number of hydrogen-bond donors (Lipinski definition) is 0. The summed E-state index contributed by atoms with van der Waals surface area (Å²) >= 11 is 0. The molecular formula is C12H22N2O2. The highest BCUT2D eigenvalue weighted by Crippen LogP contribution is 2.38. The van der Waals surface area contributed by atoms with Crippen LogP contribution in [0.2, 0.25) is 0 Å². The van der Waals surface area contributed by atoms with Gasteiger partial charge < -0.3 is 9.64 Å². The van der Waals surface area contributed by atoms with Crippen molar-refractivity contribution in [2.75, 3.05) is 39.4 Å². The van der Waals surface area contributed by atoms with Crippen molar-refractivity contribution in [3.63, 3.8) is 0 Å². The molecule has 1 spiro atoms. The molecule has 2 fully saturated rings. The molecule has 4 nitrogen and oxygen atoms in total.